The van der Waals surface area contributed by atoms with Gasteiger partial charge in [-0.3, -0.25) is 9.59 Å². The smallest absolute Gasteiger partial charge is 0.321 e. The van der Waals surface area contributed by atoms with Gasteiger partial charge in [0.15, 0.2) is 0 Å². The minimum absolute atomic E-state index is 0.0849. The molecule has 0 heterocycles. The summed E-state index contributed by atoms with van der Waals surface area (Å²) in [7, 11) is 0. The van der Waals surface area contributed by atoms with Crippen molar-refractivity contribution in [2.75, 3.05) is 5.75 Å². The summed E-state index contributed by atoms with van der Waals surface area (Å²) in [6.45, 7) is 3.81. The Bertz CT molecular complexity index is 445. The number of carboxylic acid groups (broad SMARTS) is 1. The van der Waals surface area contributed by atoms with Gasteiger partial charge in [0.1, 0.15) is 6.04 Å². The predicted molar refractivity (Wildman–Crippen MR) is 68.3 cm³/mol. The highest BCUT2D eigenvalue weighted by atomic mass is 32.2. The standard InChI is InChI=1S/C12H15NO3S/c1-7-4-3-5-9(8(7)2)12(16)17-6-10(13)11(14)15/h3-5,10H,6,13H2,1-2H3,(H,14,15). The third-order valence-corrected chi connectivity index (χ3v) is 3.54. The lowest BCUT2D eigenvalue weighted by atomic mass is 10.0. The third kappa shape index (κ3) is 3.57. The second kappa shape index (κ2) is 5.84. The number of hydrogen-bond acceptors (Lipinski definition) is 4. The maximum atomic E-state index is 11.9. The average molecular weight is 253 g/mol. The SMILES string of the molecule is Cc1cccc(C(=O)SCC(N)C(=O)O)c1C. The maximum Gasteiger partial charge on any atom is 0.321 e. The Labute approximate surface area is 104 Å². The summed E-state index contributed by atoms with van der Waals surface area (Å²) in [4.78, 5) is 22.4. The molecule has 3 N–H and O–H groups in total. The largest absolute Gasteiger partial charge is 0.480 e. The number of carbonyl (C=O) groups excluding carboxylic acids is 1. The monoisotopic (exact) mass is 253 g/mol. The lowest BCUT2D eigenvalue weighted by Crippen LogP contribution is -2.32. The topological polar surface area (TPSA) is 80.4 Å². The van der Waals surface area contributed by atoms with Crippen molar-refractivity contribution in [3.8, 4) is 0 Å². The molecule has 0 bridgehead atoms. The second-order valence-corrected chi connectivity index (χ2v) is 4.78. The van der Waals surface area contributed by atoms with E-state index in [9.17, 15) is 9.59 Å². The van der Waals surface area contributed by atoms with Crippen LogP contribution >= 0.6 is 11.8 Å². The van der Waals surface area contributed by atoms with Crippen LogP contribution in [0.1, 0.15) is 21.5 Å². The number of carboxylic acids is 1. The van der Waals surface area contributed by atoms with E-state index in [2.05, 4.69) is 0 Å². The van der Waals surface area contributed by atoms with Crippen LogP contribution < -0.4 is 5.73 Å². The molecule has 0 aliphatic carbocycles. The average Bonchev–Trinajstić information content (AvgIpc) is 2.29. The highest BCUT2D eigenvalue weighted by Crippen LogP contribution is 2.19. The van der Waals surface area contributed by atoms with Crippen LogP contribution in [0.4, 0.5) is 0 Å². The first-order valence-corrected chi connectivity index (χ1v) is 6.13. The van der Waals surface area contributed by atoms with Crippen LogP contribution in [0.15, 0.2) is 18.2 Å². The molecule has 1 rings (SSSR count). The first-order chi connectivity index (χ1) is 7.93. The normalized spacial score (nSPS) is 12.2. The van der Waals surface area contributed by atoms with Crippen LogP contribution in [-0.2, 0) is 4.79 Å². The molecule has 1 aromatic carbocycles. The zero-order valence-corrected chi connectivity index (χ0v) is 10.6. The Hall–Kier alpha value is -1.33. The predicted octanol–water partition coefficient (Wildman–Crippen LogP) is 1.59. The lowest BCUT2D eigenvalue weighted by Gasteiger charge is -2.08. The molecule has 5 heteroatoms. The number of rotatable bonds is 4. The molecule has 0 aliphatic heterocycles. The number of thioether (sulfide) groups is 1. The molecule has 0 spiro atoms. The first-order valence-electron chi connectivity index (χ1n) is 5.15. The van der Waals surface area contributed by atoms with Gasteiger partial charge in [-0.05, 0) is 25.0 Å². The van der Waals surface area contributed by atoms with Gasteiger partial charge in [0.05, 0.1) is 0 Å². The molecular formula is C12H15NO3S. The molecule has 1 unspecified atom stereocenters. The van der Waals surface area contributed by atoms with Crippen molar-refractivity contribution in [1.82, 2.24) is 0 Å². The van der Waals surface area contributed by atoms with E-state index in [1.165, 1.54) is 0 Å². The number of aryl methyl sites for hydroxylation is 1. The minimum Gasteiger partial charge on any atom is -0.480 e. The van der Waals surface area contributed by atoms with Crippen molar-refractivity contribution in [3.63, 3.8) is 0 Å². The van der Waals surface area contributed by atoms with Crippen LogP contribution in [-0.4, -0.2) is 28.0 Å². The van der Waals surface area contributed by atoms with Crippen LogP contribution in [0, 0.1) is 13.8 Å². The Morgan fingerprint density at radius 3 is 2.65 bits per heavy atom. The fraction of sp³-hybridized carbons (Fsp3) is 0.333. The summed E-state index contributed by atoms with van der Waals surface area (Å²) < 4.78 is 0. The molecule has 1 atom stereocenters. The van der Waals surface area contributed by atoms with E-state index >= 15 is 0 Å². The zero-order valence-electron chi connectivity index (χ0n) is 9.77. The summed E-state index contributed by atoms with van der Waals surface area (Å²) in [6.07, 6.45) is 0. The Morgan fingerprint density at radius 2 is 2.06 bits per heavy atom. The van der Waals surface area contributed by atoms with Gasteiger partial charge in [0.2, 0.25) is 5.12 Å². The molecule has 17 heavy (non-hydrogen) atoms. The molecule has 0 aromatic heterocycles. The van der Waals surface area contributed by atoms with Gasteiger partial charge in [-0.15, -0.1) is 0 Å². The van der Waals surface area contributed by atoms with Gasteiger partial charge in [0.25, 0.3) is 0 Å². The highest BCUT2D eigenvalue weighted by Gasteiger charge is 2.16. The Balaban J connectivity index is 2.71. The number of hydrogen-bond donors (Lipinski definition) is 2. The minimum atomic E-state index is -1.09. The van der Waals surface area contributed by atoms with Gasteiger partial charge in [-0.2, -0.15) is 0 Å². The number of aliphatic carboxylic acids is 1. The lowest BCUT2D eigenvalue weighted by molar-refractivity contribution is -0.137. The molecule has 1 aromatic rings. The molecule has 4 nitrogen and oxygen atoms in total. The van der Waals surface area contributed by atoms with E-state index in [1.54, 1.807) is 6.07 Å². The van der Waals surface area contributed by atoms with Crippen molar-refractivity contribution in [2.24, 2.45) is 5.73 Å². The molecule has 0 fully saturated rings. The van der Waals surface area contributed by atoms with Gasteiger partial charge in [-0.25, -0.2) is 0 Å². The van der Waals surface area contributed by atoms with Crippen molar-refractivity contribution >= 4 is 22.8 Å². The van der Waals surface area contributed by atoms with Crippen molar-refractivity contribution < 1.29 is 14.7 Å². The van der Waals surface area contributed by atoms with E-state index < -0.39 is 12.0 Å². The fourth-order valence-electron chi connectivity index (χ4n) is 1.29. The molecule has 0 amide bonds. The second-order valence-electron chi connectivity index (χ2n) is 3.79. The van der Waals surface area contributed by atoms with Crippen LogP contribution in [0.5, 0.6) is 0 Å². The van der Waals surface area contributed by atoms with Crippen LogP contribution in [0.2, 0.25) is 0 Å². The van der Waals surface area contributed by atoms with Crippen molar-refractivity contribution in [3.05, 3.63) is 34.9 Å². The molecule has 0 radical (unpaired) electrons. The maximum absolute atomic E-state index is 11.9. The summed E-state index contributed by atoms with van der Waals surface area (Å²) in [5, 5.41) is 8.48. The zero-order chi connectivity index (χ0) is 13.0. The molecule has 92 valence electrons. The quantitative estimate of drug-likeness (QED) is 0.851. The summed E-state index contributed by atoms with van der Waals surface area (Å²) >= 11 is 0.944. The highest BCUT2D eigenvalue weighted by molar-refractivity contribution is 8.14. The van der Waals surface area contributed by atoms with Gasteiger partial charge in [-0.1, -0.05) is 30.0 Å². The summed E-state index contributed by atoms with van der Waals surface area (Å²) in [5.41, 5.74) is 7.92. The Kier molecular flexibility index (Phi) is 4.72. The fourth-order valence-corrected chi connectivity index (χ4v) is 2.14. The van der Waals surface area contributed by atoms with E-state index in [0.717, 1.165) is 22.9 Å². The molecular weight excluding hydrogens is 238 g/mol. The van der Waals surface area contributed by atoms with Gasteiger partial charge in [0, 0.05) is 11.3 Å². The van der Waals surface area contributed by atoms with E-state index in [0.29, 0.717) is 5.56 Å². The van der Waals surface area contributed by atoms with Crippen molar-refractivity contribution in [2.45, 2.75) is 19.9 Å². The molecule has 0 saturated carbocycles. The van der Waals surface area contributed by atoms with Gasteiger partial charge >= 0.3 is 5.97 Å². The van der Waals surface area contributed by atoms with E-state index in [4.69, 9.17) is 10.8 Å². The molecule has 0 saturated heterocycles. The third-order valence-electron chi connectivity index (χ3n) is 2.54. The van der Waals surface area contributed by atoms with E-state index in [-0.39, 0.29) is 10.9 Å². The van der Waals surface area contributed by atoms with E-state index in [1.807, 2.05) is 26.0 Å². The van der Waals surface area contributed by atoms with Crippen molar-refractivity contribution in [1.29, 1.82) is 0 Å². The number of nitrogens with two attached hydrogens (primary N) is 1. The van der Waals surface area contributed by atoms with Crippen LogP contribution in [0.3, 0.4) is 0 Å². The number of carbonyl (C=O) groups is 2. The molecule has 0 aliphatic rings. The van der Waals surface area contributed by atoms with Gasteiger partial charge < -0.3 is 10.8 Å². The van der Waals surface area contributed by atoms with Crippen LogP contribution in [0.25, 0.3) is 0 Å². The Morgan fingerprint density at radius 1 is 1.41 bits per heavy atom. The first kappa shape index (κ1) is 13.7. The summed E-state index contributed by atoms with van der Waals surface area (Å²) in [5.74, 6) is -1.01. The number of benzene rings is 1. The summed E-state index contributed by atoms with van der Waals surface area (Å²) in [6, 6.07) is 4.48.